The van der Waals surface area contributed by atoms with Crippen LogP contribution in [0.1, 0.15) is 61.1 Å². The van der Waals surface area contributed by atoms with Crippen molar-refractivity contribution >= 4 is 28.8 Å². The molecule has 0 aromatic carbocycles. The van der Waals surface area contributed by atoms with E-state index in [0.717, 1.165) is 28.2 Å². The maximum absolute atomic E-state index is 12.3. The van der Waals surface area contributed by atoms with Gasteiger partial charge in [-0.25, -0.2) is 4.79 Å². The number of hydrogen-bond donors (Lipinski definition) is 1. The number of aromatic nitrogens is 1. The summed E-state index contributed by atoms with van der Waals surface area (Å²) < 4.78 is 7.51. The number of thiazole rings is 1. The molecule has 0 spiro atoms. The van der Waals surface area contributed by atoms with Crippen LogP contribution in [0.15, 0.2) is 22.5 Å². The molecular weight excluding hydrogens is 394 g/mol. The Morgan fingerprint density at radius 3 is 2.57 bits per heavy atom. The van der Waals surface area contributed by atoms with Crippen LogP contribution in [0.4, 0.5) is 4.79 Å². The van der Waals surface area contributed by atoms with Gasteiger partial charge in [0.15, 0.2) is 4.80 Å². The standard InChI is InChI=1S/C20H29N3O3S2/c1-20(2,3)26-19(25)23-10-8-13(9-11-23)17-15(22(5)18(21-4)28-17)16(24)14-7-6-12-27-14/h6-7,12-13,16,24H,8-11H2,1-5H3. The first kappa shape index (κ1) is 21.1. The van der Waals surface area contributed by atoms with Gasteiger partial charge in [-0.3, -0.25) is 4.99 Å². The van der Waals surface area contributed by atoms with Crippen LogP contribution >= 0.6 is 22.7 Å². The number of ether oxygens (including phenoxy) is 1. The highest BCUT2D eigenvalue weighted by molar-refractivity contribution is 7.10. The van der Waals surface area contributed by atoms with Crippen LogP contribution in [0, 0.1) is 0 Å². The van der Waals surface area contributed by atoms with Crippen molar-refractivity contribution in [3.8, 4) is 0 Å². The van der Waals surface area contributed by atoms with E-state index in [0.29, 0.717) is 19.0 Å². The molecule has 1 fully saturated rings. The molecule has 2 aromatic rings. The minimum Gasteiger partial charge on any atom is -0.444 e. The lowest BCUT2D eigenvalue weighted by Crippen LogP contribution is -2.41. The van der Waals surface area contributed by atoms with Gasteiger partial charge >= 0.3 is 6.09 Å². The Balaban J connectivity index is 1.81. The molecule has 3 rings (SSSR count). The van der Waals surface area contributed by atoms with Crippen LogP contribution < -0.4 is 4.80 Å². The minimum absolute atomic E-state index is 0.245. The Morgan fingerprint density at radius 2 is 2.04 bits per heavy atom. The monoisotopic (exact) mass is 423 g/mol. The SMILES string of the molecule is CN=c1sc(C2CCN(C(=O)OC(C)(C)C)CC2)c(C(O)c2cccs2)n1C. The first-order chi connectivity index (χ1) is 13.2. The van der Waals surface area contributed by atoms with Gasteiger partial charge in [-0.15, -0.1) is 22.7 Å². The van der Waals surface area contributed by atoms with Crippen LogP contribution in [-0.4, -0.2) is 46.4 Å². The van der Waals surface area contributed by atoms with Crippen molar-refractivity contribution in [2.24, 2.45) is 12.0 Å². The number of amides is 1. The summed E-state index contributed by atoms with van der Waals surface area (Å²) in [5, 5.41) is 13.0. The molecule has 0 radical (unpaired) electrons. The summed E-state index contributed by atoms with van der Waals surface area (Å²) in [5.74, 6) is 0.301. The van der Waals surface area contributed by atoms with Gasteiger partial charge in [-0.05, 0) is 51.0 Å². The summed E-state index contributed by atoms with van der Waals surface area (Å²) in [5.41, 5.74) is 0.439. The third-order valence-corrected chi connectivity index (χ3v) is 7.21. The van der Waals surface area contributed by atoms with Crippen LogP contribution in [0.5, 0.6) is 0 Å². The average molecular weight is 424 g/mol. The Kier molecular flexibility index (Phi) is 6.31. The second-order valence-corrected chi connectivity index (χ2v) is 10.1. The summed E-state index contributed by atoms with van der Waals surface area (Å²) in [6.45, 7) is 6.98. The number of hydrogen-bond acceptors (Lipinski definition) is 6. The van der Waals surface area contributed by atoms with Crippen molar-refractivity contribution in [2.75, 3.05) is 20.1 Å². The van der Waals surface area contributed by atoms with Crippen LogP contribution in [0.3, 0.4) is 0 Å². The first-order valence-corrected chi connectivity index (χ1v) is 11.2. The smallest absolute Gasteiger partial charge is 0.410 e. The molecule has 1 aliphatic rings. The molecule has 3 heterocycles. The van der Waals surface area contributed by atoms with Gasteiger partial charge in [0, 0.05) is 36.9 Å². The first-order valence-electron chi connectivity index (χ1n) is 9.53. The molecule has 8 heteroatoms. The van der Waals surface area contributed by atoms with E-state index in [4.69, 9.17) is 4.74 Å². The predicted octanol–water partition coefficient (Wildman–Crippen LogP) is 3.87. The third kappa shape index (κ3) is 4.50. The second kappa shape index (κ2) is 8.39. The molecule has 154 valence electrons. The maximum Gasteiger partial charge on any atom is 0.410 e. The number of carbonyl (C=O) groups excluding carboxylic acids is 1. The molecule has 1 amide bonds. The Morgan fingerprint density at radius 1 is 1.36 bits per heavy atom. The fourth-order valence-electron chi connectivity index (χ4n) is 3.53. The van der Waals surface area contributed by atoms with Crippen LogP contribution in [0.2, 0.25) is 0 Å². The van der Waals surface area contributed by atoms with Gasteiger partial charge in [-0.2, -0.15) is 0 Å². The molecule has 2 aromatic heterocycles. The van der Waals surface area contributed by atoms with E-state index in [9.17, 15) is 9.90 Å². The number of thiophene rings is 1. The lowest BCUT2D eigenvalue weighted by molar-refractivity contribution is 0.0205. The maximum atomic E-state index is 12.3. The zero-order valence-electron chi connectivity index (χ0n) is 17.1. The van der Waals surface area contributed by atoms with E-state index in [-0.39, 0.29) is 6.09 Å². The summed E-state index contributed by atoms with van der Waals surface area (Å²) in [6, 6.07) is 3.92. The Hall–Kier alpha value is -1.64. The normalized spacial score (nSPS) is 17.8. The Labute approximate surface area is 174 Å². The fraction of sp³-hybridized carbons (Fsp3) is 0.600. The van der Waals surface area contributed by atoms with Crippen LogP contribution in [-0.2, 0) is 11.8 Å². The van der Waals surface area contributed by atoms with Crippen molar-refractivity contribution in [1.29, 1.82) is 0 Å². The molecule has 1 aliphatic heterocycles. The largest absolute Gasteiger partial charge is 0.444 e. The highest BCUT2D eigenvalue weighted by atomic mass is 32.1. The number of rotatable bonds is 3. The van der Waals surface area contributed by atoms with Crippen molar-refractivity contribution in [1.82, 2.24) is 9.47 Å². The number of aliphatic hydroxyl groups is 1. The van der Waals surface area contributed by atoms with Crippen molar-refractivity contribution < 1.29 is 14.6 Å². The van der Waals surface area contributed by atoms with E-state index in [1.54, 1.807) is 34.6 Å². The van der Waals surface area contributed by atoms with E-state index < -0.39 is 11.7 Å². The number of carbonyl (C=O) groups is 1. The number of likely N-dealkylation sites (tertiary alicyclic amines) is 1. The molecule has 0 aliphatic carbocycles. The molecule has 1 saturated heterocycles. The minimum atomic E-state index is -0.657. The van der Waals surface area contributed by atoms with Crippen molar-refractivity contribution in [3.05, 3.63) is 37.8 Å². The number of aliphatic hydroxyl groups excluding tert-OH is 1. The van der Waals surface area contributed by atoms with Gasteiger partial charge in [0.2, 0.25) is 0 Å². The average Bonchev–Trinajstić information content (AvgIpc) is 3.28. The topological polar surface area (TPSA) is 67.1 Å². The van der Waals surface area contributed by atoms with Gasteiger partial charge in [-0.1, -0.05) is 6.07 Å². The summed E-state index contributed by atoms with van der Waals surface area (Å²) >= 11 is 3.20. The second-order valence-electron chi connectivity index (χ2n) is 8.08. The molecule has 6 nitrogen and oxygen atoms in total. The van der Waals surface area contributed by atoms with Gasteiger partial charge in [0.05, 0.1) is 5.69 Å². The lowest BCUT2D eigenvalue weighted by atomic mass is 9.93. The highest BCUT2D eigenvalue weighted by Crippen LogP contribution is 2.37. The highest BCUT2D eigenvalue weighted by Gasteiger charge is 2.32. The van der Waals surface area contributed by atoms with E-state index in [1.807, 2.05) is 49.9 Å². The van der Waals surface area contributed by atoms with Gasteiger partial charge in [0.25, 0.3) is 0 Å². The third-order valence-electron chi connectivity index (χ3n) is 4.88. The Bertz CT molecular complexity index is 870. The lowest BCUT2D eigenvalue weighted by Gasteiger charge is -2.33. The molecule has 1 unspecified atom stereocenters. The summed E-state index contributed by atoms with van der Waals surface area (Å²) in [6.07, 6.45) is 0.807. The number of piperidine rings is 1. The zero-order chi connectivity index (χ0) is 20.5. The molecule has 0 saturated carbocycles. The van der Waals surface area contributed by atoms with Crippen molar-refractivity contribution in [2.45, 2.75) is 51.2 Å². The molecule has 1 N–H and O–H groups in total. The molecule has 1 atom stereocenters. The quantitative estimate of drug-likeness (QED) is 0.815. The zero-order valence-corrected chi connectivity index (χ0v) is 18.8. The van der Waals surface area contributed by atoms with Crippen molar-refractivity contribution in [3.63, 3.8) is 0 Å². The van der Waals surface area contributed by atoms with E-state index in [2.05, 4.69) is 4.99 Å². The van der Waals surface area contributed by atoms with Gasteiger partial charge < -0.3 is 19.3 Å². The van der Waals surface area contributed by atoms with E-state index >= 15 is 0 Å². The summed E-state index contributed by atoms with van der Waals surface area (Å²) in [7, 11) is 3.74. The van der Waals surface area contributed by atoms with E-state index in [1.165, 1.54) is 4.88 Å². The fourth-order valence-corrected chi connectivity index (χ4v) is 5.52. The molecular formula is C20H29N3O3S2. The number of nitrogens with zero attached hydrogens (tertiary/aromatic N) is 3. The van der Waals surface area contributed by atoms with Gasteiger partial charge in [0.1, 0.15) is 11.7 Å². The molecule has 28 heavy (non-hydrogen) atoms. The molecule has 0 bridgehead atoms. The van der Waals surface area contributed by atoms with Crippen LogP contribution in [0.25, 0.3) is 0 Å². The predicted molar refractivity (Wildman–Crippen MR) is 113 cm³/mol. The summed E-state index contributed by atoms with van der Waals surface area (Å²) in [4.78, 5) is 21.5.